The molecule has 0 bridgehead atoms. The smallest absolute Gasteiger partial charge is 0.270 e. The van der Waals surface area contributed by atoms with Crippen molar-refractivity contribution in [2.24, 2.45) is 0 Å². The van der Waals surface area contributed by atoms with Crippen molar-refractivity contribution in [2.45, 2.75) is 33.2 Å². The lowest BCUT2D eigenvalue weighted by molar-refractivity contribution is -0.384. The van der Waals surface area contributed by atoms with Crippen molar-refractivity contribution in [1.29, 1.82) is 0 Å². The van der Waals surface area contributed by atoms with Gasteiger partial charge in [-0.3, -0.25) is 24.3 Å². The van der Waals surface area contributed by atoms with Gasteiger partial charge in [0.2, 0.25) is 0 Å². The second kappa shape index (κ2) is 9.16. The molecule has 1 heterocycles. The summed E-state index contributed by atoms with van der Waals surface area (Å²) in [6, 6.07) is 19.3. The predicted molar refractivity (Wildman–Crippen MR) is 128 cm³/mol. The van der Waals surface area contributed by atoms with Crippen LogP contribution in [-0.4, -0.2) is 20.3 Å². The van der Waals surface area contributed by atoms with E-state index in [1.54, 1.807) is 11.5 Å². The van der Waals surface area contributed by atoms with Crippen LogP contribution >= 0.6 is 0 Å². The van der Waals surface area contributed by atoms with E-state index in [9.17, 15) is 19.7 Å². The Bertz CT molecular complexity index is 1420. The van der Waals surface area contributed by atoms with Crippen LogP contribution in [0.4, 0.5) is 5.69 Å². The molecular weight excluding hydrogens is 418 g/mol. The third-order valence-corrected chi connectivity index (χ3v) is 5.61. The molecule has 0 radical (unpaired) electrons. The lowest BCUT2D eigenvalue weighted by atomic mass is 9.97. The Hall–Kier alpha value is -4.13. The monoisotopic (exact) mass is 441 g/mol. The minimum atomic E-state index is -0.513. The quantitative estimate of drug-likeness (QED) is 0.224. The highest BCUT2D eigenvalue weighted by Crippen LogP contribution is 2.25. The zero-order valence-electron chi connectivity index (χ0n) is 18.4. The highest BCUT2D eigenvalue weighted by atomic mass is 16.6. The van der Waals surface area contributed by atoms with Crippen LogP contribution in [0.5, 0.6) is 0 Å². The number of aromatic nitrogens is 2. The molecule has 7 heteroatoms. The first-order valence-electron chi connectivity index (χ1n) is 10.8. The first-order valence-corrected chi connectivity index (χ1v) is 10.8. The minimum absolute atomic E-state index is 0.00164. The number of fused-ring (bicyclic) bond motifs is 1. The Morgan fingerprint density at radius 2 is 1.79 bits per heavy atom. The van der Waals surface area contributed by atoms with Crippen LogP contribution in [0.3, 0.4) is 0 Å². The van der Waals surface area contributed by atoms with Crippen LogP contribution < -0.4 is 5.56 Å². The number of rotatable bonds is 7. The molecule has 0 aliphatic rings. The van der Waals surface area contributed by atoms with Crippen molar-refractivity contribution < 1.29 is 9.72 Å². The number of aryl methyl sites for hydroxylation is 1. The van der Waals surface area contributed by atoms with Crippen LogP contribution in [0.2, 0.25) is 0 Å². The van der Waals surface area contributed by atoms with E-state index in [0.717, 1.165) is 23.1 Å². The van der Waals surface area contributed by atoms with E-state index in [-0.39, 0.29) is 22.4 Å². The molecular formula is C26H23N3O4. The third-order valence-electron chi connectivity index (χ3n) is 5.61. The number of carbonyl (C=O) groups excluding carboxylic acids is 1. The van der Waals surface area contributed by atoms with Crippen molar-refractivity contribution in [3.05, 3.63) is 104 Å². The zero-order chi connectivity index (χ0) is 23.5. The van der Waals surface area contributed by atoms with Gasteiger partial charge < -0.3 is 0 Å². The molecule has 0 aliphatic carbocycles. The van der Waals surface area contributed by atoms with E-state index in [1.807, 2.05) is 55.5 Å². The number of nitrogens with zero attached hydrogens (tertiary/aromatic N) is 3. The van der Waals surface area contributed by atoms with Crippen LogP contribution in [0, 0.1) is 10.1 Å². The van der Waals surface area contributed by atoms with Gasteiger partial charge in [0.15, 0.2) is 5.78 Å². The molecule has 33 heavy (non-hydrogen) atoms. The lowest BCUT2D eigenvalue weighted by Crippen LogP contribution is -2.26. The molecule has 3 aromatic carbocycles. The molecule has 7 nitrogen and oxygen atoms in total. The molecule has 0 amide bonds. The third kappa shape index (κ3) is 4.43. The van der Waals surface area contributed by atoms with Gasteiger partial charge in [0.1, 0.15) is 5.82 Å². The molecule has 0 saturated heterocycles. The van der Waals surface area contributed by atoms with E-state index >= 15 is 0 Å². The van der Waals surface area contributed by atoms with Gasteiger partial charge in [-0.25, -0.2) is 4.98 Å². The van der Waals surface area contributed by atoms with E-state index in [4.69, 9.17) is 0 Å². The number of non-ortho nitro benzene ring substituents is 1. The van der Waals surface area contributed by atoms with Crippen molar-refractivity contribution in [3.8, 4) is 11.1 Å². The highest BCUT2D eigenvalue weighted by molar-refractivity contribution is 6.00. The Balaban J connectivity index is 1.74. The minimum Gasteiger partial charge on any atom is -0.294 e. The Morgan fingerprint density at radius 1 is 1.06 bits per heavy atom. The second-order valence-electron chi connectivity index (χ2n) is 7.93. The topological polar surface area (TPSA) is 95.1 Å². The lowest BCUT2D eigenvalue weighted by Gasteiger charge is -2.14. The number of nitro benzene ring substituents is 1. The molecule has 0 N–H and O–H groups in total. The molecule has 1 aromatic heterocycles. The van der Waals surface area contributed by atoms with Gasteiger partial charge in [0.05, 0.1) is 22.4 Å². The number of Topliss-reactive ketones (excluding diaryl/α,β-unsaturated/α-hetero) is 1. The van der Waals surface area contributed by atoms with Crippen molar-refractivity contribution >= 4 is 22.4 Å². The summed E-state index contributed by atoms with van der Waals surface area (Å²) in [6.07, 6.45) is 1.43. The number of ketones is 1. The summed E-state index contributed by atoms with van der Waals surface area (Å²) in [5.74, 6) is 0.650. The number of hydrogen-bond donors (Lipinski definition) is 0. The SMILES string of the molecule is CCCc1nc2ccc([N+](=O)[O-])cc2c(=O)n1Cc1ccc(-c2ccccc2C(C)=O)cc1. The van der Waals surface area contributed by atoms with Crippen molar-refractivity contribution in [1.82, 2.24) is 9.55 Å². The molecule has 166 valence electrons. The molecule has 0 fully saturated rings. The average Bonchev–Trinajstić information content (AvgIpc) is 2.82. The fourth-order valence-electron chi connectivity index (χ4n) is 3.96. The van der Waals surface area contributed by atoms with E-state index in [2.05, 4.69) is 4.98 Å². The molecule has 4 aromatic rings. The normalized spacial score (nSPS) is 11.0. The first kappa shape index (κ1) is 22.1. The molecule has 0 atom stereocenters. The second-order valence-corrected chi connectivity index (χ2v) is 7.93. The van der Waals surface area contributed by atoms with Gasteiger partial charge in [-0.1, -0.05) is 55.5 Å². The summed E-state index contributed by atoms with van der Waals surface area (Å²) in [5, 5.41) is 11.4. The average molecular weight is 441 g/mol. The summed E-state index contributed by atoms with van der Waals surface area (Å²) < 4.78 is 1.59. The summed E-state index contributed by atoms with van der Waals surface area (Å²) in [5.41, 5.74) is 3.36. The number of carbonyl (C=O) groups is 1. The fraction of sp³-hybridized carbons (Fsp3) is 0.192. The molecule has 0 aliphatic heterocycles. The van der Waals surface area contributed by atoms with Crippen molar-refractivity contribution in [3.63, 3.8) is 0 Å². The fourth-order valence-corrected chi connectivity index (χ4v) is 3.96. The standard InChI is InChI=1S/C26H23N3O4/c1-3-6-25-27-24-14-13-20(29(32)33)15-23(24)26(31)28(25)16-18-9-11-19(12-10-18)22-8-5-4-7-21(22)17(2)30/h4-5,7-15H,3,6,16H2,1-2H3. The summed E-state index contributed by atoms with van der Waals surface area (Å²) in [7, 11) is 0. The van der Waals surface area contributed by atoms with Gasteiger partial charge in [-0.15, -0.1) is 0 Å². The summed E-state index contributed by atoms with van der Waals surface area (Å²) in [6.45, 7) is 3.86. The summed E-state index contributed by atoms with van der Waals surface area (Å²) >= 11 is 0. The largest absolute Gasteiger partial charge is 0.294 e. The molecule has 4 rings (SSSR count). The molecule has 0 spiro atoms. The van der Waals surface area contributed by atoms with E-state index < -0.39 is 4.92 Å². The van der Waals surface area contributed by atoms with Crippen LogP contribution in [0.1, 0.15) is 42.0 Å². The summed E-state index contributed by atoms with van der Waals surface area (Å²) in [4.78, 5) is 40.5. The molecule has 0 unspecified atom stereocenters. The van der Waals surface area contributed by atoms with Gasteiger partial charge in [-0.2, -0.15) is 0 Å². The van der Waals surface area contributed by atoms with Gasteiger partial charge in [-0.05, 0) is 36.1 Å². The Kier molecular flexibility index (Phi) is 6.13. The number of benzene rings is 3. The van der Waals surface area contributed by atoms with Gasteiger partial charge in [0, 0.05) is 24.1 Å². The maximum absolute atomic E-state index is 13.3. The predicted octanol–water partition coefficient (Wildman–Crippen LogP) is 5.18. The number of hydrogen-bond acceptors (Lipinski definition) is 5. The van der Waals surface area contributed by atoms with E-state index in [0.29, 0.717) is 29.9 Å². The highest BCUT2D eigenvalue weighted by Gasteiger charge is 2.15. The maximum atomic E-state index is 13.3. The van der Waals surface area contributed by atoms with Crippen molar-refractivity contribution in [2.75, 3.05) is 0 Å². The Labute approximate surface area is 190 Å². The van der Waals surface area contributed by atoms with Crippen LogP contribution in [0.25, 0.3) is 22.0 Å². The van der Waals surface area contributed by atoms with Gasteiger partial charge >= 0.3 is 0 Å². The van der Waals surface area contributed by atoms with Gasteiger partial charge in [0.25, 0.3) is 11.2 Å². The zero-order valence-corrected chi connectivity index (χ0v) is 18.4. The molecule has 0 saturated carbocycles. The van der Waals surface area contributed by atoms with Crippen LogP contribution in [0.15, 0.2) is 71.5 Å². The maximum Gasteiger partial charge on any atom is 0.270 e. The first-order chi connectivity index (χ1) is 15.9. The van der Waals surface area contributed by atoms with Crippen LogP contribution in [-0.2, 0) is 13.0 Å². The Morgan fingerprint density at radius 3 is 2.45 bits per heavy atom. The number of nitro groups is 1. The van der Waals surface area contributed by atoms with E-state index in [1.165, 1.54) is 18.2 Å².